The summed E-state index contributed by atoms with van der Waals surface area (Å²) in [5, 5.41) is 0. The molecule has 1 aromatic rings. The van der Waals surface area contributed by atoms with Crippen molar-refractivity contribution < 1.29 is 4.74 Å². The second-order valence-electron chi connectivity index (χ2n) is 2.84. The van der Waals surface area contributed by atoms with E-state index in [2.05, 4.69) is 35.0 Å². The van der Waals surface area contributed by atoms with Crippen LogP contribution in [0.25, 0.3) is 0 Å². The number of rotatable bonds is 3. The molecule has 0 radical (unpaired) electrons. The second-order valence-corrected chi connectivity index (χ2v) is 4.40. The van der Waals surface area contributed by atoms with Crippen molar-refractivity contribution in [3.8, 4) is 5.75 Å². The molecule has 1 nitrogen and oxygen atoms in total. The van der Waals surface area contributed by atoms with Gasteiger partial charge in [-0.3, -0.25) is 0 Å². The van der Waals surface area contributed by atoms with Crippen molar-refractivity contribution in [3.63, 3.8) is 0 Å². The number of alkyl halides is 1. The van der Waals surface area contributed by atoms with Crippen LogP contribution in [-0.2, 0) is 6.42 Å². The number of ether oxygens (including phenoxy) is 1. The van der Waals surface area contributed by atoms with Crippen LogP contribution >= 0.6 is 15.9 Å². The SMILES string of the molecule is COc1cccc(C[C@@H](C)Br)c1. The lowest BCUT2D eigenvalue weighted by molar-refractivity contribution is 0.414. The molecule has 0 unspecified atom stereocenters. The third-order valence-corrected chi connectivity index (χ3v) is 1.97. The Kier molecular flexibility index (Phi) is 3.60. The molecule has 1 aromatic carbocycles. The zero-order valence-electron chi connectivity index (χ0n) is 7.38. The summed E-state index contributed by atoms with van der Waals surface area (Å²) >= 11 is 3.52. The highest BCUT2D eigenvalue weighted by atomic mass is 79.9. The van der Waals surface area contributed by atoms with Crippen molar-refractivity contribution in [3.05, 3.63) is 29.8 Å². The molecule has 12 heavy (non-hydrogen) atoms. The molecule has 0 aliphatic carbocycles. The first-order chi connectivity index (χ1) is 5.72. The van der Waals surface area contributed by atoms with Crippen LogP contribution in [0.15, 0.2) is 24.3 Å². The zero-order valence-corrected chi connectivity index (χ0v) is 8.97. The van der Waals surface area contributed by atoms with Crippen LogP contribution < -0.4 is 4.74 Å². The summed E-state index contributed by atoms with van der Waals surface area (Å²) in [5.74, 6) is 0.931. The Labute approximate surface area is 81.9 Å². The fourth-order valence-electron chi connectivity index (χ4n) is 1.12. The molecule has 66 valence electrons. The van der Waals surface area contributed by atoms with E-state index in [0.29, 0.717) is 4.83 Å². The molecule has 1 rings (SSSR count). The van der Waals surface area contributed by atoms with Crippen molar-refractivity contribution in [1.29, 1.82) is 0 Å². The highest BCUT2D eigenvalue weighted by Crippen LogP contribution is 2.15. The van der Waals surface area contributed by atoms with E-state index >= 15 is 0 Å². The van der Waals surface area contributed by atoms with E-state index in [0.717, 1.165) is 12.2 Å². The van der Waals surface area contributed by atoms with Crippen molar-refractivity contribution in [1.82, 2.24) is 0 Å². The maximum absolute atomic E-state index is 5.12. The number of benzene rings is 1. The van der Waals surface area contributed by atoms with Crippen molar-refractivity contribution >= 4 is 15.9 Å². The average molecular weight is 229 g/mol. The fourth-order valence-corrected chi connectivity index (χ4v) is 1.50. The normalized spacial score (nSPS) is 12.6. The second kappa shape index (κ2) is 4.51. The number of hydrogen-bond acceptors (Lipinski definition) is 1. The van der Waals surface area contributed by atoms with Gasteiger partial charge in [-0.15, -0.1) is 0 Å². The van der Waals surface area contributed by atoms with E-state index in [-0.39, 0.29) is 0 Å². The van der Waals surface area contributed by atoms with Crippen LogP contribution in [0.2, 0.25) is 0 Å². The van der Waals surface area contributed by atoms with E-state index in [4.69, 9.17) is 4.74 Å². The van der Waals surface area contributed by atoms with E-state index in [1.165, 1.54) is 5.56 Å². The molecule has 0 aliphatic rings. The Bertz CT molecular complexity index is 245. The molecule has 0 bridgehead atoms. The van der Waals surface area contributed by atoms with Crippen molar-refractivity contribution in [2.75, 3.05) is 7.11 Å². The van der Waals surface area contributed by atoms with Gasteiger partial charge in [-0.2, -0.15) is 0 Å². The minimum Gasteiger partial charge on any atom is -0.497 e. The Morgan fingerprint density at radius 1 is 1.50 bits per heavy atom. The topological polar surface area (TPSA) is 9.23 Å². The molecule has 0 amide bonds. The summed E-state index contributed by atoms with van der Waals surface area (Å²) in [5.41, 5.74) is 1.30. The summed E-state index contributed by atoms with van der Waals surface area (Å²) in [6.07, 6.45) is 1.04. The molecule has 0 saturated heterocycles. The van der Waals surface area contributed by atoms with E-state index < -0.39 is 0 Å². The minimum atomic E-state index is 0.518. The quantitative estimate of drug-likeness (QED) is 0.724. The maximum atomic E-state index is 5.12. The Morgan fingerprint density at radius 3 is 2.83 bits per heavy atom. The van der Waals surface area contributed by atoms with Gasteiger partial charge in [0.25, 0.3) is 0 Å². The van der Waals surface area contributed by atoms with Gasteiger partial charge >= 0.3 is 0 Å². The van der Waals surface area contributed by atoms with E-state index in [1.807, 2.05) is 12.1 Å². The average Bonchev–Trinajstić information content (AvgIpc) is 2.03. The molecule has 0 aliphatic heterocycles. The molecule has 0 N–H and O–H groups in total. The van der Waals surface area contributed by atoms with Crippen LogP contribution in [0.5, 0.6) is 5.75 Å². The van der Waals surface area contributed by atoms with Crippen molar-refractivity contribution in [2.45, 2.75) is 18.2 Å². The number of methoxy groups -OCH3 is 1. The first kappa shape index (κ1) is 9.59. The standard InChI is InChI=1S/C10H13BrO/c1-8(11)6-9-4-3-5-10(7-9)12-2/h3-5,7-8H,6H2,1-2H3/t8-/m1/s1. The zero-order chi connectivity index (χ0) is 8.97. The van der Waals surface area contributed by atoms with Gasteiger partial charge in [0.1, 0.15) is 5.75 Å². The summed E-state index contributed by atoms with van der Waals surface area (Å²) < 4.78 is 5.12. The number of hydrogen-bond donors (Lipinski definition) is 0. The third kappa shape index (κ3) is 2.86. The Hall–Kier alpha value is -0.500. The Balaban J connectivity index is 2.72. The number of halogens is 1. The summed E-state index contributed by atoms with van der Waals surface area (Å²) in [7, 11) is 1.69. The van der Waals surface area contributed by atoms with Gasteiger partial charge in [0.15, 0.2) is 0 Å². The van der Waals surface area contributed by atoms with Gasteiger partial charge in [0, 0.05) is 4.83 Å². The summed E-state index contributed by atoms with van der Waals surface area (Å²) in [6.45, 7) is 2.14. The van der Waals surface area contributed by atoms with Crippen LogP contribution in [0, 0.1) is 0 Å². The van der Waals surface area contributed by atoms with Gasteiger partial charge < -0.3 is 4.74 Å². The molecule has 0 fully saturated rings. The van der Waals surface area contributed by atoms with Crippen molar-refractivity contribution in [2.24, 2.45) is 0 Å². The van der Waals surface area contributed by atoms with Crippen LogP contribution in [0.1, 0.15) is 12.5 Å². The molecule has 0 spiro atoms. The highest BCUT2D eigenvalue weighted by Gasteiger charge is 1.99. The maximum Gasteiger partial charge on any atom is 0.119 e. The highest BCUT2D eigenvalue weighted by molar-refractivity contribution is 9.09. The smallest absolute Gasteiger partial charge is 0.119 e. The van der Waals surface area contributed by atoms with Crippen LogP contribution in [0.4, 0.5) is 0 Å². The van der Waals surface area contributed by atoms with Gasteiger partial charge in [-0.1, -0.05) is 35.0 Å². The molecule has 0 heterocycles. The minimum absolute atomic E-state index is 0.518. The third-order valence-electron chi connectivity index (χ3n) is 1.65. The van der Waals surface area contributed by atoms with E-state index in [1.54, 1.807) is 7.11 Å². The lowest BCUT2D eigenvalue weighted by Crippen LogP contribution is -1.96. The van der Waals surface area contributed by atoms with Crippen LogP contribution in [0.3, 0.4) is 0 Å². The fraction of sp³-hybridized carbons (Fsp3) is 0.400. The molecule has 1 atom stereocenters. The molecule has 2 heteroatoms. The Morgan fingerprint density at radius 2 is 2.25 bits per heavy atom. The molecular formula is C10H13BrO. The van der Waals surface area contributed by atoms with Gasteiger partial charge in [-0.25, -0.2) is 0 Å². The predicted octanol–water partition coefficient (Wildman–Crippen LogP) is 3.02. The lowest BCUT2D eigenvalue weighted by atomic mass is 10.1. The largest absolute Gasteiger partial charge is 0.497 e. The van der Waals surface area contributed by atoms with E-state index in [9.17, 15) is 0 Å². The first-order valence-corrected chi connectivity index (χ1v) is 4.91. The summed E-state index contributed by atoms with van der Waals surface area (Å²) in [4.78, 5) is 0.518. The monoisotopic (exact) mass is 228 g/mol. The van der Waals surface area contributed by atoms with Gasteiger partial charge in [0.05, 0.1) is 7.11 Å². The first-order valence-electron chi connectivity index (χ1n) is 3.99. The molecule has 0 saturated carbocycles. The summed E-state index contributed by atoms with van der Waals surface area (Å²) in [6, 6.07) is 8.16. The van der Waals surface area contributed by atoms with Gasteiger partial charge in [0.2, 0.25) is 0 Å². The van der Waals surface area contributed by atoms with Gasteiger partial charge in [-0.05, 0) is 24.1 Å². The molecular weight excluding hydrogens is 216 g/mol. The predicted molar refractivity (Wildman–Crippen MR) is 55.1 cm³/mol. The van der Waals surface area contributed by atoms with Crippen LogP contribution in [-0.4, -0.2) is 11.9 Å². The lowest BCUT2D eigenvalue weighted by Gasteiger charge is -2.05. The molecule has 0 aromatic heterocycles.